The van der Waals surface area contributed by atoms with Crippen molar-refractivity contribution in [3.05, 3.63) is 60.2 Å². The Balaban J connectivity index is 2.22. The third-order valence-corrected chi connectivity index (χ3v) is 9.57. The van der Waals surface area contributed by atoms with Gasteiger partial charge in [-0.3, -0.25) is 0 Å². The first-order valence-electron chi connectivity index (χ1n) is 9.43. The zero-order valence-electron chi connectivity index (χ0n) is 17.2. The molecule has 30 heavy (non-hydrogen) atoms. The molecule has 0 radical (unpaired) electrons. The Morgan fingerprint density at radius 3 is 2.00 bits per heavy atom. The third kappa shape index (κ3) is 6.97. The van der Waals surface area contributed by atoms with Crippen molar-refractivity contribution in [3.63, 3.8) is 0 Å². The number of sulfone groups is 1. The van der Waals surface area contributed by atoms with Crippen LogP contribution in [0, 0.1) is 12.8 Å². The van der Waals surface area contributed by atoms with Gasteiger partial charge in [0.2, 0.25) is 0 Å². The summed E-state index contributed by atoms with van der Waals surface area (Å²) < 4.78 is 36.5. The number of carbonyl (C=O) groups excluding carboxylic acids is 2. The van der Waals surface area contributed by atoms with E-state index in [-0.39, 0.29) is 36.8 Å². The standard InChI is InChI=1S/C22H26O6SSe/c1-16-9-11-17(12-10-16)29(25,26)15-19(30-18-7-5-4-6-8-18)13-14-20(21(23)27-2)22(24)28-3/h4-12,19-20H,13-15H2,1-3H3. The number of carbonyl (C=O) groups is 2. The van der Waals surface area contributed by atoms with Crippen LogP contribution in [0.4, 0.5) is 0 Å². The molecule has 0 fully saturated rings. The second-order valence-electron chi connectivity index (χ2n) is 6.82. The van der Waals surface area contributed by atoms with E-state index in [1.807, 2.05) is 37.3 Å². The van der Waals surface area contributed by atoms with Crippen molar-refractivity contribution in [2.24, 2.45) is 5.92 Å². The topological polar surface area (TPSA) is 86.7 Å². The summed E-state index contributed by atoms with van der Waals surface area (Å²) in [6.07, 6.45) is 0.552. The maximum absolute atomic E-state index is 13.0. The van der Waals surface area contributed by atoms with Crippen LogP contribution in [-0.4, -0.2) is 55.3 Å². The van der Waals surface area contributed by atoms with E-state index in [0.29, 0.717) is 6.42 Å². The van der Waals surface area contributed by atoms with Gasteiger partial charge in [0.15, 0.2) is 0 Å². The van der Waals surface area contributed by atoms with Gasteiger partial charge in [-0.2, -0.15) is 0 Å². The van der Waals surface area contributed by atoms with Crippen molar-refractivity contribution >= 4 is 41.2 Å². The number of hydrogen-bond donors (Lipinski definition) is 0. The van der Waals surface area contributed by atoms with E-state index in [2.05, 4.69) is 0 Å². The van der Waals surface area contributed by atoms with E-state index in [1.54, 1.807) is 24.3 Å². The van der Waals surface area contributed by atoms with Gasteiger partial charge in [0.05, 0.1) is 0 Å². The SMILES string of the molecule is COC(=O)C(CCC(CS(=O)(=O)c1ccc(C)cc1)[Se]c1ccccc1)C(=O)OC. The molecule has 0 aromatic heterocycles. The number of methoxy groups -OCH3 is 2. The van der Waals surface area contributed by atoms with Gasteiger partial charge < -0.3 is 0 Å². The molecule has 0 N–H and O–H groups in total. The molecule has 2 aromatic rings. The molecule has 0 aliphatic heterocycles. The minimum atomic E-state index is -3.51. The zero-order valence-corrected chi connectivity index (χ0v) is 19.8. The van der Waals surface area contributed by atoms with Crippen LogP contribution in [0.2, 0.25) is 4.82 Å². The Morgan fingerprint density at radius 2 is 1.47 bits per heavy atom. The van der Waals surface area contributed by atoms with Crippen molar-refractivity contribution in [3.8, 4) is 0 Å². The zero-order chi connectivity index (χ0) is 22.1. The summed E-state index contributed by atoms with van der Waals surface area (Å²) in [5.41, 5.74) is 0.984. The second kappa shape index (κ2) is 11.3. The summed E-state index contributed by atoms with van der Waals surface area (Å²) in [6.45, 7) is 1.90. The molecule has 0 spiro atoms. The molecule has 8 heteroatoms. The Labute approximate surface area is 184 Å². The fourth-order valence-electron chi connectivity index (χ4n) is 2.92. The summed E-state index contributed by atoms with van der Waals surface area (Å²) in [5.74, 6) is -2.46. The van der Waals surface area contributed by atoms with Gasteiger partial charge in [-0.25, -0.2) is 0 Å². The molecule has 0 amide bonds. The monoisotopic (exact) mass is 498 g/mol. The average Bonchev–Trinajstić information content (AvgIpc) is 2.74. The number of hydrogen-bond acceptors (Lipinski definition) is 6. The Hall–Kier alpha value is -2.15. The first kappa shape index (κ1) is 24.1. The van der Waals surface area contributed by atoms with Crippen molar-refractivity contribution in [2.45, 2.75) is 29.5 Å². The molecule has 2 rings (SSSR count). The normalized spacial score (nSPS) is 12.4. The quantitative estimate of drug-likeness (QED) is 0.285. The van der Waals surface area contributed by atoms with Crippen LogP contribution in [0.25, 0.3) is 0 Å². The van der Waals surface area contributed by atoms with Crippen molar-refractivity contribution in [1.82, 2.24) is 0 Å². The number of aryl methyl sites for hydroxylation is 1. The van der Waals surface area contributed by atoms with Crippen LogP contribution in [0.5, 0.6) is 0 Å². The van der Waals surface area contributed by atoms with Crippen molar-refractivity contribution in [1.29, 1.82) is 0 Å². The minimum absolute atomic E-state index is 0.0555. The molecule has 0 heterocycles. The molecule has 0 aliphatic rings. The first-order valence-corrected chi connectivity index (χ1v) is 12.9. The summed E-state index contributed by atoms with van der Waals surface area (Å²) in [5, 5.41) is 0. The number of benzene rings is 2. The van der Waals surface area contributed by atoms with Crippen LogP contribution in [0.3, 0.4) is 0 Å². The van der Waals surface area contributed by atoms with Gasteiger partial charge in [-0.05, 0) is 0 Å². The second-order valence-corrected chi connectivity index (χ2v) is 11.7. The van der Waals surface area contributed by atoms with Crippen LogP contribution < -0.4 is 4.46 Å². The molecule has 0 bridgehead atoms. The average molecular weight is 497 g/mol. The van der Waals surface area contributed by atoms with E-state index >= 15 is 0 Å². The third-order valence-electron chi connectivity index (χ3n) is 4.58. The number of rotatable bonds is 10. The Morgan fingerprint density at radius 1 is 0.900 bits per heavy atom. The summed E-state index contributed by atoms with van der Waals surface area (Å²) in [6, 6.07) is 16.4. The van der Waals surface area contributed by atoms with Gasteiger partial charge in [-0.1, -0.05) is 0 Å². The van der Waals surface area contributed by atoms with Crippen LogP contribution >= 0.6 is 0 Å². The van der Waals surface area contributed by atoms with Gasteiger partial charge in [0.1, 0.15) is 0 Å². The summed E-state index contributed by atoms with van der Waals surface area (Å²) in [7, 11) is -1.08. The van der Waals surface area contributed by atoms with Crippen LogP contribution in [0.1, 0.15) is 18.4 Å². The number of ether oxygens (including phenoxy) is 2. The molecular formula is C22H26O6SSe. The molecular weight excluding hydrogens is 471 g/mol. The molecule has 6 nitrogen and oxygen atoms in total. The van der Waals surface area contributed by atoms with Gasteiger partial charge >= 0.3 is 184 Å². The van der Waals surface area contributed by atoms with Crippen LogP contribution in [0.15, 0.2) is 59.5 Å². The molecule has 2 aromatic carbocycles. The van der Waals surface area contributed by atoms with E-state index in [4.69, 9.17) is 9.47 Å². The van der Waals surface area contributed by atoms with E-state index < -0.39 is 27.7 Å². The first-order chi connectivity index (χ1) is 14.3. The predicted molar refractivity (Wildman–Crippen MR) is 116 cm³/mol. The molecule has 1 unspecified atom stereocenters. The predicted octanol–water partition coefficient (Wildman–Crippen LogP) is 2.33. The van der Waals surface area contributed by atoms with Crippen molar-refractivity contribution in [2.75, 3.05) is 20.0 Å². The number of esters is 2. The maximum atomic E-state index is 13.0. The molecule has 1 atom stereocenters. The Kier molecular flexibility index (Phi) is 9.08. The van der Waals surface area contributed by atoms with Gasteiger partial charge in [0.25, 0.3) is 0 Å². The van der Waals surface area contributed by atoms with Gasteiger partial charge in [-0.15, -0.1) is 0 Å². The van der Waals surface area contributed by atoms with Gasteiger partial charge in [0, 0.05) is 0 Å². The van der Waals surface area contributed by atoms with Crippen molar-refractivity contribution < 1.29 is 27.5 Å². The fourth-order valence-corrected chi connectivity index (χ4v) is 7.95. The Bertz CT molecular complexity index is 925. The molecule has 0 saturated heterocycles. The summed E-state index contributed by atoms with van der Waals surface area (Å²) in [4.78, 5) is 24.0. The molecule has 0 aliphatic carbocycles. The van der Waals surface area contributed by atoms with Crippen LogP contribution in [-0.2, 0) is 28.9 Å². The molecule has 162 valence electrons. The molecule has 0 saturated carbocycles. The fraction of sp³-hybridized carbons (Fsp3) is 0.364. The van der Waals surface area contributed by atoms with E-state index in [9.17, 15) is 18.0 Å². The van der Waals surface area contributed by atoms with E-state index in [1.165, 1.54) is 14.2 Å². The summed E-state index contributed by atoms with van der Waals surface area (Å²) >= 11 is -0.157. The van der Waals surface area contributed by atoms with E-state index in [0.717, 1.165) is 10.0 Å².